The van der Waals surface area contributed by atoms with Gasteiger partial charge in [0.05, 0.1) is 23.1 Å². The molecule has 2 aliphatic rings. The first-order chi connectivity index (χ1) is 15.7. The lowest BCUT2D eigenvalue weighted by molar-refractivity contribution is -0.122. The topological polar surface area (TPSA) is 80.8 Å². The zero-order valence-corrected chi connectivity index (χ0v) is 21.4. The van der Waals surface area contributed by atoms with Gasteiger partial charge in [0, 0.05) is 15.2 Å². The van der Waals surface area contributed by atoms with Crippen LogP contribution < -0.4 is 4.90 Å². The fourth-order valence-corrected chi connectivity index (χ4v) is 5.57. The number of carbonyl (C=O) groups is 4. The van der Waals surface area contributed by atoms with Crippen molar-refractivity contribution >= 4 is 61.1 Å². The van der Waals surface area contributed by atoms with Gasteiger partial charge in [0.25, 0.3) is 0 Å². The third-order valence-electron chi connectivity index (χ3n) is 6.41. The number of rotatable bonds is 5. The third-order valence-corrected chi connectivity index (χ3v) is 9.15. The third kappa shape index (κ3) is 4.68. The van der Waals surface area contributed by atoms with Crippen molar-refractivity contribution in [2.75, 3.05) is 11.5 Å². The summed E-state index contributed by atoms with van der Waals surface area (Å²) in [7, 11) is 0. The Morgan fingerprint density at radius 2 is 1.55 bits per heavy atom. The van der Waals surface area contributed by atoms with Crippen LogP contribution in [0, 0.1) is 25.7 Å². The molecule has 2 aromatic carbocycles. The van der Waals surface area contributed by atoms with Crippen LogP contribution in [0.25, 0.3) is 0 Å². The minimum atomic E-state index is -0.688. The Balaban J connectivity index is 1.47. The summed E-state index contributed by atoms with van der Waals surface area (Å²) in [5, 5.41) is 0. The first-order valence-corrected chi connectivity index (χ1v) is 12.5. The summed E-state index contributed by atoms with van der Waals surface area (Å²) in [4.78, 5) is 52.5. The van der Waals surface area contributed by atoms with E-state index in [9.17, 15) is 19.2 Å². The number of carbonyl (C=O) groups excluding carboxylic acids is 4. The number of anilines is 1. The number of imide groups is 1. The van der Waals surface area contributed by atoms with Gasteiger partial charge < -0.3 is 4.74 Å². The molecule has 4 rings (SSSR count). The Labute approximate surface area is 208 Å². The van der Waals surface area contributed by atoms with Crippen LogP contribution in [0.5, 0.6) is 0 Å². The van der Waals surface area contributed by atoms with Gasteiger partial charge in [-0.2, -0.15) is 0 Å². The number of hydrogen-bond donors (Lipinski definition) is 0. The van der Waals surface area contributed by atoms with Gasteiger partial charge in [0.2, 0.25) is 11.8 Å². The highest BCUT2D eigenvalue weighted by molar-refractivity contribution is 9.12. The molecule has 2 amide bonds. The number of halogens is 2. The van der Waals surface area contributed by atoms with E-state index in [1.165, 1.54) is 17.0 Å². The van der Waals surface area contributed by atoms with Crippen LogP contribution in [0.15, 0.2) is 42.5 Å². The van der Waals surface area contributed by atoms with Crippen molar-refractivity contribution in [3.05, 3.63) is 64.7 Å². The standard InChI is InChI=1S/C25H23Br2NO5/c1-13-6-7-15(8-14(13)2)22(29)12-33-25(32)16-4-3-5-17(9-16)28-23(30)18-10-20(26)21(27)11-19(18)24(28)31/h3-9,18-21H,10-12H2,1-2H3/t18-,19-,20+,21+/m1/s1. The number of ether oxygens (including phenoxy) is 1. The number of fused-ring (bicyclic) bond motifs is 1. The number of aryl methyl sites for hydroxylation is 2. The van der Waals surface area contributed by atoms with Crippen molar-refractivity contribution < 1.29 is 23.9 Å². The molecule has 2 aromatic rings. The van der Waals surface area contributed by atoms with E-state index in [1.807, 2.05) is 19.9 Å². The lowest BCUT2D eigenvalue weighted by Gasteiger charge is -2.29. The molecule has 0 aromatic heterocycles. The predicted molar refractivity (Wildman–Crippen MR) is 131 cm³/mol. The van der Waals surface area contributed by atoms with Crippen molar-refractivity contribution in [2.24, 2.45) is 11.8 Å². The molecule has 1 aliphatic carbocycles. The maximum Gasteiger partial charge on any atom is 0.338 e. The van der Waals surface area contributed by atoms with E-state index in [1.54, 1.807) is 24.3 Å². The fraction of sp³-hybridized carbons (Fsp3) is 0.360. The van der Waals surface area contributed by atoms with E-state index in [4.69, 9.17) is 4.74 Å². The van der Waals surface area contributed by atoms with Crippen LogP contribution in [0.3, 0.4) is 0 Å². The molecule has 8 heteroatoms. The molecule has 6 nitrogen and oxygen atoms in total. The van der Waals surface area contributed by atoms with E-state index in [0.29, 0.717) is 24.1 Å². The molecule has 1 heterocycles. The number of Topliss-reactive ketones (excluding diaryl/α,β-unsaturated/α-hetero) is 1. The van der Waals surface area contributed by atoms with Gasteiger partial charge in [-0.15, -0.1) is 0 Å². The molecule has 0 bridgehead atoms. The van der Waals surface area contributed by atoms with Gasteiger partial charge in [-0.3, -0.25) is 19.3 Å². The molecule has 1 aliphatic heterocycles. The second kappa shape index (κ2) is 9.50. The molecule has 1 saturated carbocycles. The summed E-state index contributed by atoms with van der Waals surface area (Å²) >= 11 is 7.16. The van der Waals surface area contributed by atoms with Crippen molar-refractivity contribution in [1.29, 1.82) is 0 Å². The summed E-state index contributed by atoms with van der Waals surface area (Å²) < 4.78 is 5.22. The molecule has 2 fully saturated rings. The Morgan fingerprint density at radius 3 is 2.15 bits per heavy atom. The Bertz CT molecular complexity index is 1120. The van der Waals surface area contributed by atoms with Gasteiger partial charge >= 0.3 is 5.97 Å². The SMILES string of the molecule is Cc1ccc(C(=O)COC(=O)c2cccc(N3C(=O)[C@@H]4C[C@H](Br)[C@@H](Br)C[C@H]4C3=O)c2)cc1C. The number of amides is 2. The lowest BCUT2D eigenvalue weighted by atomic mass is 9.81. The van der Waals surface area contributed by atoms with Crippen LogP contribution in [-0.2, 0) is 14.3 Å². The monoisotopic (exact) mass is 575 g/mol. The lowest BCUT2D eigenvalue weighted by Crippen LogP contribution is -2.34. The zero-order chi connectivity index (χ0) is 23.9. The summed E-state index contributed by atoms with van der Waals surface area (Å²) in [5.74, 6) is -2.23. The maximum absolute atomic E-state index is 13.0. The summed E-state index contributed by atoms with van der Waals surface area (Å²) in [5.41, 5.74) is 3.05. The number of nitrogens with zero attached hydrogens (tertiary/aromatic N) is 1. The van der Waals surface area contributed by atoms with Crippen LogP contribution in [-0.4, -0.2) is 39.8 Å². The normalized spacial score (nSPS) is 24.5. The Kier molecular flexibility index (Phi) is 6.86. The van der Waals surface area contributed by atoms with Gasteiger partial charge in [-0.05, 0) is 62.1 Å². The second-order valence-corrected chi connectivity index (χ2v) is 10.9. The highest BCUT2D eigenvalue weighted by Crippen LogP contribution is 2.44. The average molecular weight is 577 g/mol. The van der Waals surface area contributed by atoms with Crippen LogP contribution in [0.1, 0.15) is 44.7 Å². The molecule has 172 valence electrons. The van der Waals surface area contributed by atoms with Crippen molar-refractivity contribution in [3.63, 3.8) is 0 Å². The minimum absolute atomic E-state index is 0.117. The van der Waals surface area contributed by atoms with Crippen molar-refractivity contribution in [1.82, 2.24) is 0 Å². The van der Waals surface area contributed by atoms with E-state index in [0.717, 1.165) is 11.1 Å². The number of benzene rings is 2. The fourth-order valence-electron chi connectivity index (χ4n) is 4.33. The van der Waals surface area contributed by atoms with E-state index >= 15 is 0 Å². The Hall–Kier alpha value is -2.32. The van der Waals surface area contributed by atoms with Crippen LogP contribution in [0.4, 0.5) is 5.69 Å². The number of hydrogen-bond acceptors (Lipinski definition) is 5. The number of esters is 1. The van der Waals surface area contributed by atoms with Crippen molar-refractivity contribution in [3.8, 4) is 0 Å². The van der Waals surface area contributed by atoms with E-state index in [2.05, 4.69) is 31.9 Å². The first-order valence-electron chi connectivity index (χ1n) is 10.7. The largest absolute Gasteiger partial charge is 0.454 e. The molecule has 0 radical (unpaired) electrons. The Morgan fingerprint density at radius 1 is 0.909 bits per heavy atom. The predicted octanol–water partition coefficient (Wildman–Crippen LogP) is 4.77. The van der Waals surface area contributed by atoms with E-state index < -0.39 is 12.6 Å². The van der Waals surface area contributed by atoms with Crippen LogP contribution in [0.2, 0.25) is 0 Å². The van der Waals surface area contributed by atoms with Gasteiger partial charge in [0.1, 0.15) is 0 Å². The molecule has 0 unspecified atom stereocenters. The minimum Gasteiger partial charge on any atom is -0.454 e. The molecule has 4 atom stereocenters. The summed E-state index contributed by atoms with van der Waals surface area (Å²) in [6.45, 7) is 3.48. The maximum atomic E-state index is 13.0. The number of alkyl halides is 2. The van der Waals surface area contributed by atoms with Crippen LogP contribution >= 0.6 is 31.9 Å². The highest BCUT2D eigenvalue weighted by atomic mass is 79.9. The average Bonchev–Trinajstić information content (AvgIpc) is 3.03. The summed E-state index contributed by atoms with van der Waals surface area (Å²) in [6, 6.07) is 11.6. The van der Waals surface area contributed by atoms with E-state index in [-0.39, 0.29) is 44.7 Å². The summed E-state index contributed by atoms with van der Waals surface area (Å²) in [6.07, 6.45) is 1.15. The zero-order valence-electron chi connectivity index (χ0n) is 18.2. The van der Waals surface area contributed by atoms with Gasteiger partial charge in [-0.1, -0.05) is 50.1 Å². The quantitative estimate of drug-likeness (QED) is 0.222. The highest BCUT2D eigenvalue weighted by Gasteiger charge is 2.52. The van der Waals surface area contributed by atoms with Crippen molar-refractivity contribution in [2.45, 2.75) is 36.3 Å². The van der Waals surface area contributed by atoms with Gasteiger partial charge in [0.15, 0.2) is 12.4 Å². The molecular formula is C25H23Br2NO5. The molecule has 1 saturated heterocycles. The van der Waals surface area contributed by atoms with Gasteiger partial charge in [-0.25, -0.2) is 4.79 Å². The second-order valence-electron chi connectivity index (χ2n) is 8.58. The smallest absolute Gasteiger partial charge is 0.338 e. The molecule has 0 spiro atoms. The molecular weight excluding hydrogens is 554 g/mol. The number of ketones is 1. The molecule has 33 heavy (non-hydrogen) atoms. The molecule has 0 N–H and O–H groups in total. The first kappa shape index (κ1) is 23.8.